The Morgan fingerprint density at radius 1 is 1.25 bits per heavy atom. The van der Waals surface area contributed by atoms with Crippen molar-refractivity contribution in [2.45, 2.75) is 12.3 Å². The van der Waals surface area contributed by atoms with Gasteiger partial charge < -0.3 is 5.11 Å². The number of carboxylic acids is 1. The van der Waals surface area contributed by atoms with Crippen molar-refractivity contribution in [2.75, 3.05) is 0 Å². The zero-order valence-electron chi connectivity index (χ0n) is 10.3. The molecule has 0 spiro atoms. The third-order valence-corrected chi connectivity index (χ3v) is 3.91. The molecule has 1 N–H and O–H groups in total. The molecule has 0 aliphatic heterocycles. The maximum Gasteiger partial charge on any atom is 0.304 e. The lowest BCUT2D eigenvalue weighted by Gasteiger charge is -2.18. The van der Waals surface area contributed by atoms with E-state index in [9.17, 15) is 9.18 Å². The van der Waals surface area contributed by atoms with Crippen LogP contribution < -0.4 is 0 Å². The predicted molar refractivity (Wildman–Crippen MR) is 79.6 cm³/mol. The average Bonchev–Trinajstić information content (AvgIpc) is 2.37. The minimum atomic E-state index is -0.916. The summed E-state index contributed by atoms with van der Waals surface area (Å²) in [6.07, 6.45) is -0.0775. The summed E-state index contributed by atoms with van der Waals surface area (Å²) < 4.78 is 13.7. The maximum atomic E-state index is 13.0. The van der Waals surface area contributed by atoms with Gasteiger partial charge in [0.15, 0.2) is 0 Å². The Bertz CT molecular complexity index is 628. The lowest BCUT2D eigenvalue weighted by molar-refractivity contribution is -0.137. The van der Waals surface area contributed by atoms with Gasteiger partial charge in [-0.1, -0.05) is 45.7 Å². The average molecular weight is 358 g/mol. The predicted octanol–water partition coefficient (Wildman–Crippen LogP) is 4.85. The number of benzene rings is 2. The van der Waals surface area contributed by atoms with Crippen LogP contribution in [0.2, 0.25) is 5.02 Å². The highest BCUT2D eigenvalue weighted by atomic mass is 79.9. The van der Waals surface area contributed by atoms with Gasteiger partial charge in [0.1, 0.15) is 5.82 Å². The van der Waals surface area contributed by atoms with Gasteiger partial charge in [0.05, 0.1) is 6.42 Å². The fourth-order valence-corrected chi connectivity index (χ4v) is 3.02. The van der Waals surface area contributed by atoms with E-state index in [2.05, 4.69) is 15.9 Å². The maximum absolute atomic E-state index is 13.0. The van der Waals surface area contributed by atoms with Crippen molar-refractivity contribution in [3.8, 4) is 0 Å². The number of hydrogen-bond donors (Lipinski definition) is 1. The van der Waals surface area contributed by atoms with E-state index >= 15 is 0 Å². The van der Waals surface area contributed by atoms with Gasteiger partial charge in [0.2, 0.25) is 0 Å². The quantitative estimate of drug-likeness (QED) is 0.849. The normalized spacial score (nSPS) is 12.2. The Morgan fingerprint density at radius 3 is 2.45 bits per heavy atom. The van der Waals surface area contributed by atoms with Gasteiger partial charge in [-0.25, -0.2) is 4.39 Å². The SMILES string of the molecule is O=C(O)C[C@@H](c1ccc(F)cc1)c1ccc(Cl)cc1Br. The second-order valence-electron chi connectivity index (χ2n) is 4.37. The van der Waals surface area contributed by atoms with Crippen LogP contribution in [0.4, 0.5) is 4.39 Å². The summed E-state index contributed by atoms with van der Waals surface area (Å²) in [7, 11) is 0. The number of rotatable bonds is 4. The summed E-state index contributed by atoms with van der Waals surface area (Å²) in [6, 6.07) is 11.1. The molecule has 0 heterocycles. The van der Waals surface area contributed by atoms with Crippen molar-refractivity contribution < 1.29 is 14.3 Å². The van der Waals surface area contributed by atoms with Crippen LogP contribution in [0.15, 0.2) is 46.9 Å². The highest BCUT2D eigenvalue weighted by molar-refractivity contribution is 9.10. The molecule has 1 atom stereocenters. The standard InChI is InChI=1S/C15H11BrClFO2/c16-14-7-10(17)3-6-12(14)13(8-15(19)20)9-1-4-11(18)5-2-9/h1-7,13H,8H2,(H,19,20)/t13-/m0/s1. The molecule has 0 aliphatic rings. The Kier molecular flexibility index (Phi) is 4.78. The Labute approximate surface area is 129 Å². The van der Waals surface area contributed by atoms with Crippen LogP contribution in [0.1, 0.15) is 23.5 Å². The smallest absolute Gasteiger partial charge is 0.304 e. The second-order valence-corrected chi connectivity index (χ2v) is 5.66. The van der Waals surface area contributed by atoms with E-state index < -0.39 is 5.97 Å². The lowest BCUT2D eigenvalue weighted by atomic mass is 9.88. The molecule has 0 saturated carbocycles. The zero-order valence-corrected chi connectivity index (χ0v) is 12.7. The summed E-state index contributed by atoms with van der Waals surface area (Å²) in [5, 5.41) is 9.65. The molecule has 2 aromatic carbocycles. The number of carboxylic acid groups (broad SMARTS) is 1. The number of hydrogen-bond acceptors (Lipinski definition) is 1. The first-order chi connectivity index (χ1) is 9.47. The van der Waals surface area contributed by atoms with Gasteiger partial charge in [0.25, 0.3) is 0 Å². The zero-order chi connectivity index (χ0) is 14.7. The van der Waals surface area contributed by atoms with Crippen LogP contribution in [-0.2, 0) is 4.79 Å². The molecule has 2 aromatic rings. The minimum Gasteiger partial charge on any atom is -0.481 e. The topological polar surface area (TPSA) is 37.3 Å². The molecule has 0 unspecified atom stereocenters. The van der Waals surface area contributed by atoms with E-state index in [-0.39, 0.29) is 18.2 Å². The van der Waals surface area contributed by atoms with Gasteiger partial charge in [-0.05, 0) is 35.4 Å². The van der Waals surface area contributed by atoms with Crippen LogP contribution >= 0.6 is 27.5 Å². The van der Waals surface area contributed by atoms with Gasteiger partial charge in [-0.2, -0.15) is 0 Å². The first-order valence-corrected chi connectivity index (χ1v) is 7.06. The van der Waals surface area contributed by atoms with Gasteiger partial charge in [0, 0.05) is 15.4 Å². The second kappa shape index (κ2) is 6.37. The van der Waals surface area contributed by atoms with E-state index in [0.717, 1.165) is 15.6 Å². The summed E-state index contributed by atoms with van der Waals surface area (Å²) in [5.74, 6) is -1.63. The van der Waals surface area contributed by atoms with Gasteiger partial charge in [-0.3, -0.25) is 4.79 Å². The first-order valence-electron chi connectivity index (χ1n) is 5.89. The van der Waals surface area contributed by atoms with Crippen molar-refractivity contribution in [3.05, 3.63) is 68.9 Å². The fraction of sp³-hybridized carbons (Fsp3) is 0.133. The summed E-state index contributed by atoms with van der Waals surface area (Å²) >= 11 is 9.30. The molecule has 2 nitrogen and oxygen atoms in total. The monoisotopic (exact) mass is 356 g/mol. The molecule has 0 saturated heterocycles. The molecular weight excluding hydrogens is 347 g/mol. The van der Waals surface area contributed by atoms with Crippen LogP contribution in [0.3, 0.4) is 0 Å². The summed E-state index contributed by atoms with van der Waals surface area (Å²) in [5.41, 5.74) is 1.56. The van der Waals surface area contributed by atoms with Gasteiger partial charge in [-0.15, -0.1) is 0 Å². The summed E-state index contributed by atoms with van der Waals surface area (Å²) in [6.45, 7) is 0. The van der Waals surface area contributed by atoms with Crippen LogP contribution in [0, 0.1) is 5.82 Å². The van der Waals surface area contributed by atoms with E-state index in [1.54, 1.807) is 30.3 Å². The van der Waals surface area contributed by atoms with Crippen molar-refractivity contribution in [1.82, 2.24) is 0 Å². The third-order valence-electron chi connectivity index (χ3n) is 2.99. The van der Waals surface area contributed by atoms with E-state index in [1.807, 2.05) is 0 Å². The minimum absolute atomic E-state index is 0.0775. The molecular formula is C15H11BrClFO2. The van der Waals surface area contributed by atoms with Crippen LogP contribution in [0.5, 0.6) is 0 Å². The number of carbonyl (C=O) groups is 1. The molecule has 5 heteroatoms. The van der Waals surface area contributed by atoms with Crippen molar-refractivity contribution >= 4 is 33.5 Å². The Morgan fingerprint density at radius 2 is 1.90 bits per heavy atom. The summed E-state index contributed by atoms with van der Waals surface area (Å²) in [4.78, 5) is 11.1. The molecule has 0 bridgehead atoms. The largest absolute Gasteiger partial charge is 0.481 e. The van der Waals surface area contributed by atoms with Crippen molar-refractivity contribution in [3.63, 3.8) is 0 Å². The third kappa shape index (κ3) is 3.58. The Balaban J connectivity index is 2.46. The van der Waals surface area contributed by atoms with E-state index in [0.29, 0.717) is 5.02 Å². The molecule has 104 valence electrons. The lowest BCUT2D eigenvalue weighted by Crippen LogP contribution is -2.08. The molecule has 2 rings (SSSR count). The number of halogens is 3. The first kappa shape index (κ1) is 15.0. The van der Waals surface area contributed by atoms with Crippen LogP contribution in [0.25, 0.3) is 0 Å². The van der Waals surface area contributed by atoms with Crippen LogP contribution in [-0.4, -0.2) is 11.1 Å². The highest BCUT2D eigenvalue weighted by Crippen LogP contribution is 2.34. The van der Waals surface area contributed by atoms with E-state index in [1.165, 1.54) is 12.1 Å². The van der Waals surface area contributed by atoms with Crippen molar-refractivity contribution in [1.29, 1.82) is 0 Å². The fourth-order valence-electron chi connectivity index (χ4n) is 2.06. The van der Waals surface area contributed by atoms with E-state index in [4.69, 9.17) is 16.7 Å². The molecule has 0 amide bonds. The molecule has 0 fully saturated rings. The Hall–Kier alpha value is -1.39. The highest BCUT2D eigenvalue weighted by Gasteiger charge is 2.20. The molecule has 0 radical (unpaired) electrons. The molecule has 0 aliphatic carbocycles. The van der Waals surface area contributed by atoms with Gasteiger partial charge >= 0.3 is 5.97 Å². The number of aliphatic carboxylic acids is 1. The van der Waals surface area contributed by atoms with Crippen molar-refractivity contribution in [2.24, 2.45) is 0 Å². The molecule has 0 aromatic heterocycles. The molecule has 20 heavy (non-hydrogen) atoms.